The van der Waals surface area contributed by atoms with E-state index in [0.29, 0.717) is 4.90 Å². The Balaban J connectivity index is 2.76. The Morgan fingerprint density at radius 2 is 1.35 bits per heavy atom. The molecule has 110 valence electrons. The lowest BCUT2D eigenvalue weighted by molar-refractivity contribution is -0.144. The summed E-state index contributed by atoms with van der Waals surface area (Å²) in [5, 5.41) is 0. The van der Waals surface area contributed by atoms with Crippen LogP contribution in [0.5, 0.6) is 0 Å². The average Bonchev–Trinajstić information content (AvgIpc) is 2.65. The highest BCUT2D eigenvalue weighted by Crippen LogP contribution is 2.49. The van der Waals surface area contributed by atoms with Crippen molar-refractivity contribution >= 4 is 23.9 Å². The van der Waals surface area contributed by atoms with Gasteiger partial charge in [0, 0.05) is 32.0 Å². The molecule has 0 spiro atoms. The number of likely N-dealkylation sites (N-methyl/N-ethyl adjacent to an activating group) is 2. The molecule has 2 saturated heterocycles. The summed E-state index contributed by atoms with van der Waals surface area (Å²) in [6.07, 6.45) is 0. The van der Waals surface area contributed by atoms with Crippen LogP contribution in [0.4, 0.5) is 9.59 Å². The Morgan fingerprint density at radius 3 is 1.70 bits per heavy atom. The zero-order valence-electron chi connectivity index (χ0n) is 14.9. The second-order valence-electron chi connectivity index (χ2n) is 5.22. The first-order valence-corrected chi connectivity index (χ1v) is 5.95. The van der Waals surface area contributed by atoms with Gasteiger partial charge in [-0.25, -0.2) is 19.4 Å². The highest BCUT2D eigenvalue weighted by molar-refractivity contribution is 6.04. The maximum atomic E-state index is 12.5. The summed E-state index contributed by atoms with van der Waals surface area (Å²) >= 11 is 0. The highest BCUT2D eigenvalue weighted by Gasteiger charge is 2.74. The van der Waals surface area contributed by atoms with Crippen molar-refractivity contribution in [3.05, 3.63) is 0 Å². The monoisotopic (exact) mass is 285 g/mol. The molecule has 8 heteroatoms. The van der Waals surface area contributed by atoms with Crippen molar-refractivity contribution in [2.75, 3.05) is 14.1 Å². The lowest BCUT2D eigenvalue weighted by atomic mass is 9.95. The van der Waals surface area contributed by atoms with Crippen molar-refractivity contribution in [1.82, 2.24) is 19.6 Å². The van der Waals surface area contributed by atoms with Crippen LogP contribution in [0.3, 0.4) is 0 Å². The standard InChI is InChI=1S/C12H18N4O4/c1-7(17)15-9(19)13(5)11(3)12(15,4)16(8(2)18)10(20)14(11)6/h1-6H3/t11-,12+/i1D3/m0/s1. The number of amides is 6. The van der Waals surface area contributed by atoms with Crippen LogP contribution in [0, 0.1) is 0 Å². The number of hydrogen-bond acceptors (Lipinski definition) is 4. The minimum absolute atomic E-state index is 0.489. The van der Waals surface area contributed by atoms with E-state index in [9.17, 15) is 19.2 Å². The van der Waals surface area contributed by atoms with E-state index < -0.39 is 42.1 Å². The molecule has 0 saturated carbocycles. The fourth-order valence-corrected chi connectivity index (χ4v) is 3.15. The van der Waals surface area contributed by atoms with E-state index >= 15 is 0 Å². The predicted molar refractivity (Wildman–Crippen MR) is 68.2 cm³/mol. The summed E-state index contributed by atoms with van der Waals surface area (Å²) in [4.78, 5) is 52.8. The fraction of sp³-hybridized carbons (Fsp3) is 0.667. The molecule has 0 aromatic carbocycles. The summed E-state index contributed by atoms with van der Waals surface area (Å²) in [7, 11) is 2.73. The van der Waals surface area contributed by atoms with E-state index in [0.717, 1.165) is 21.6 Å². The predicted octanol–water partition coefficient (Wildman–Crippen LogP) is 0.247. The zero-order valence-corrected chi connectivity index (χ0v) is 11.9. The van der Waals surface area contributed by atoms with Crippen LogP contribution in [0.1, 0.15) is 31.7 Å². The van der Waals surface area contributed by atoms with Crippen LogP contribution in [0.25, 0.3) is 0 Å². The van der Waals surface area contributed by atoms with E-state index in [-0.39, 0.29) is 0 Å². The maximum Gasteiger partial charge on any atom is 0.330 e. The quantitative estimate of drug-likeness (QED) is 0.638. The number of hydrogen-bond donors (Lipinski definition) is 0. The summed E-state index contributed by atoms with van der Waals surface area (Å²) < 4.78 is 21.9. The van der Waals surface area contributed by atoms with Gasteiger partial charge in [0.25, 0.3) is 0 Å². The number of carbonyl (C=O) groups excluding carboxylic acids is 4. The molecule has 2 aliphatic rings. The molecule has 0 aromatic heterocycles. The van der Waals surface area contributed by atoms with Crippen molar-refractivity contribution in [3.8, 4) is 0 Å². The minimum atomic E-state index is -3.09. The molecular weight excluding hydrogens is 264 g/mol. The van der Waals surface area contributed by atoms with Gasteiger partial charge in [0.15, 0.2) is 11.3 Å². The Labute approximate surface area is 121 Å². The third kappa shape index (κ3) is 1.17. The molecular formula is C12H18N4O4. The maximum absolute atomic E-state index is 12.5. The molecule has 2 aliphatic heterocycles. The average molecular weight is 285 g/mol. The highest BCUT2D eigenvalue weighted by atomic mass is 16.2. The van der Waals surface area contributed by atoms with Crippen LogP contribution < -0.4 is 0 Å². The van der Waals surface area contributed by atoms with Crippen molar-refractivity contribution in [2.45, 2.75) is 38.9 Å². The summed E-state index contributed by atoms with van der Waals surface area (Å²) in [6.45, 7) is 0.861. The summed E-state index contributed by atoms with van der Waals surface area (Å²) in [6, 6.07) is -1.60. The number of carbonyl (C=O) groups is 4. The molecule has 8 nitrogen and oxygen atoms in total. The minimum Gasteiger partial charge on any atom is -0.300 e. The molecule has 0 aromatic rings. The van der Waals surface area contributed by atoms with E-state index in [4.69, 9.17) is 4.11 Å². The molecule has 0 bridgehead atoms. The Morgan fingerprint density at radius 1 is 0.950 bits per heavy atom. The van der Waals surface area contributed by atoms with Gasteiger partial charge in [-0.1, -0.05) is 0 Å². The van der Waals surface area contributed by atoms with Crippen LogP contribution in [0.15, 0.2) is 0 Å². The van der Waals surface area contributed by atoms with Gasteiger partial charge in [-0.15, -0.1) is 0 Å². The number of rotatable bonds is 0. The first kappa shape index (κ1) is 10.6. The Bertz CT molecular complexity index is 636. The number of nitrogens with zero attached hydrogens (tertiary/aromatic N) is 4. The number of fused-ring (bicyclic) bond motifs is 1. The first-order valence-electron chi connectivity index (χ1n) is 7.45. The van der Waals surface area contributed by atoms with Gasteiger partial charge in [-0.2, -0.15) is 0 Å². The van der Waals surface area contributed by atoms with E-state index in [1.165, 1.54) is 27.9 Å². The smallest absolute Gasteiger partial charge is 0.300 e. The van der Waals surface area contributed by atoms with Crippen molar-refractivity contribution in [2.24, 2.45) is 0 Å². The van der Waals surface area contributed by atoms with Gasteiger partial charge < -0.3 is 9.80 Å². The lowest BCUT2D eigenvalue weighted by Gasteiger charge is -2.42. The molecule has 0 radical (unpaired) electrons. The number of urea groups is 2. The molecule has 20 heavy (non-hydrogen) atoms. The van der Waals surface area contributed by atoms with Gasteiger partial charge in [-0.3, -0.25) is 9.59 Å². The van der Waals surface area contributed by atoms with Crippen LogP contribution >= 0.6 is 0 Å². The number of imide groups is 2. The van der Waals surface area contributed by atoms with Gasteiger partial charge in [-0.05, 0) is 13.8 Å². The van der Waals surface area contributed by atoms with Crippen molar-refractivity contribution in [3.63, 3.8) is 0 Å². The second kappa shape index (κ2) is 3.71. The third-order valence-electron chi connectivity index (χ3n) is 4.55. The third-order valence-corrected chi connectivity index (χ3v) is 4.55. The molecule has 0 unspecified atom stereocenters. The van der Waals surface area contributed by atoms with E-state index in [1.807, 2.05) is 0 Å². The molecule has 2 heterocycles. The SMILES string of the molecule is [2H]C([2H])([2H])C(=O)N1C(=O)N(C)[C@@]2(C)N(C)C(=O)N(C(C)=O)[C@@]12C. The van der Waals surface area contributed by atoms with Gasteiger partial charge >= 0.3 is 12.1 Å². The van der Waals surface area contributed by atoms with Gasteiger partial charge in [0.2, 0.25) is 11.8 Å². The first-order chi connectivity index (χ1) is 10.2. The van der Waals surface area contributed by atoms with Crippen molar-refractivity contribution < 1.29 is 23.3 Å². The fourth-order valence-electron chi connectivity index (χ4n) is 3.15. The lowest BCUT2D eigenvalue weighted by Crippen LogP contribution is -2.65. The Kier molecular flexibility index (Phi) is 1.97. The van der Waals surface area contributed by atoms with Gasteiger partial charge in [0.1, 0.15) is 0 Å². The normalized spacial score (nSPS) is 36.0. The van der Waals surface area contributed by atoms with Crippen LogP contribution in [-0.4, -0.2) is 68.9 Å². The van der Waals surface area contributed by atoms with E-state index in [2.05, 4.69) is 0 Å². The van der Waals surface area contributed by atoms with Gasteiger partial charge in [0.05, 0.1) is 0 Å². The molecule has 6 amide bonds. The second-order valence-corrected chi connectivity index (χ2v) is 5.22. The summed E-state index contributed by atoms with van der Waals surface area (Å²) in [5.74, 6) is -2.13. The van der Waals surface area contributed by atoms with Crippen LogP contribution in [0.2, 0.25) is 0 Å². The van der Waals surface area contributed by atoms with Crippen LogP contribution in [-0.2, 0) is 9.59 Å². The molecule has 2 atom stereocenters. The topological polar surface area (TPSA) is 81.2 Å². The van der Waals surface area contributed by atoms with E-state index in [1.54, 1.807) is 0 Å². The molecule has 0 aliphatic carbocycles. The zero-order chi connectivity index (χ0) is 18.1. The molecule has 0 N–H and O–H groups in total. The largest absolute Gasteiger partial charge is 0.330 e. The Hall–Kier alpha value is -2.12. The van der Waals surface area contributed by atoms with Crippen molar-refractivity contribution in [1.29, 1.82) is 0 Å². The summed E-state index contributed by atoms with van der Waals surface area (Å²) in [5.41, 5.74) is -3.17. The molecule has 2 rings (SSSR count). The molecule has 2 fully saturated rings.